The molecule has 0 radical (unpaired) electrons. The molecular formula is C21H21Cl2N3O2S. The highest BCUT2D eigenvalue weighted by molar-refractivity contribution is 7.23. The van der Waals surface area contributed by atoms with Gasteiger partial charge in [-0.15, -0.1) is 12.4 Å². The van der Waals surface area contributed by atoms with Crippen LogP contribution in [0.25, 0.3) is 21.2 Å². The largest absolute Gasteiger partial charge is 0.451 e. The first-order chi connectivity index (χ1) is 13.4. The van der Waals surface area contributed by atoms with E-state index in [1.807, 2.05) is 62.3 Å². The molecule has 0 saturated heterocycles. The normalized spacial score (nSPS) is 11.2. The number of amides is 1. The van der Waals surface area contributed by atoms with Crippen molar-refractivity contribution in [1.82, 2.24) is 9.88 Å². The fraction of sp³-hybridized carbons (Fsp3) is 0.238. The summed E-state index contributed by atoms with van der Waals surface area (Å²) in [5.74, 6) is 0.105. The van der Waals surface area contributed by atoms with E-state index in [2.05, 4.69) is 0 Å². The summed E-state index contributed by atoms with van der Waals surface area (Å²) in [7, 11) is 3.95. The van der Waals surface area contributed by atoms with E-state index in [4.69, 9.17) is 21.0 Å². The second-order valence-corrected chi connectivity index (χ2v) is 8.33. The Balaban J connectivity index is 0.00000240. The molecule has 0 aliphatic rings. The van der Waals surface area contributed by atoms with E-state index in [9.17, 15) is 4.79 Å². The standard InChI is InChI=1S/C21H20ClN3O2S.ClH/c1-13-8-9-15(22)19-18(13)23-21(28-19)25(11-10-24(2)3)20(26)17-12-14-6-4-5-7-16(14)27-17;/h4-9,12H,10-11H2,1-3H3;1H. The molecule has 152 valence electrons. The van der Waals surface area contributed by atoms with Crippen molar-refractivity contribution in [3.05, 3.63) is 58.8 Å². The predicted molar refractivity (Wildman–Crippen MR) is 123 cm³/mol. The first-order valence-electron chi connectivity index (χ1n) is 8.95. The third kappa shape index (κ3) is 4.26. The third-order valence-electron chi connectivity index (χ3n) is 4.57. The minimum absolute atomic E-state index is 0. The van der Waals surface area contributed by atoms with Crippen molar-refractivity contribution in [3.8, 4) is 0 Å². The molecule has 0 aliphatic carbocycles. The van der Waals surface area contributed by atoms with Gasteiger partial charge in [0, 0.05) is 18.5 Å². The lowest BCUT2D eigenvalue weighted by atomic mass is 10.2. The predicted octanol–water partition coefficient (Wildman–Crippen LogP) is 5.63. The van der Waals surface area contributed by atoms with E-state index in [0.29, 0.717) is 34.6 Å². The van der Waals surface area contributed by atoms with Gasteiger partial charge in [0.1, 0.15) is 5.58 Å². The summed E-state index contributed by atoms with van der Waals surface area (Å²) >= 11 is 7.79. The van der Waals surface area contributed by atoms with Crippen LogP contribution in [0.3, 0.4) is 0 Å². The Kier molecular flexibility index (Phi) is 6.49. The molecule has 4 rings (SSSR count). The number of likely N-dealkylation sites (N-methyl/N-ethyl adjacent to an activating group) is 1. The van der Waals surface area contributed by atoms with Gasteiger partial charge in [0.25, 0.3) is 5.91 Å². The Hall–Kier alpha value is -2.12. The first-order valence-corrected chi connectivity index (χ1v) is 10.1. The number of carbonyl (C=O) groups excluding carboxylic acids is 1. The van der Waals surface area contributed by atoms with Gasteiger partial charge in [0.15, 0.2) is 10.9 Å². The highest BCUT2D eigenvalue weighted by Crippen LogP contribution is 2.36. The Morgan fingerprint density at radius 3 is 2.62 bits per heavy atom. The lowest BCUT2D eigenvalue weighted by Crippen LogP contribution is -2.36. The van der Waals surface area contributed by atoms with Crippen LogP contribution in [0.5, 0.6) is 0 Å². The number of thiazole rings is 1. The maximum absolute atomic E-state index is 13.3. The van der Waals surface area contributed by atoms with E-state index in [-0.39, 0.29) is 18.3 Å². The number of fused-ring (bicyclic) bond motifs is 2. The van der Waals surface area contributed by atoms with Crippen LogP contribution in [-0.2, 0) is 0 Å². The quantitative estimate of drug-likeness (QED) is 0.395. The molecule has 0 bridgehead atoms. The van der Waals surface area contributed by atoms with Crippen LogP contribution in [0.4, 0.5) is 5.13 Å². The summed E-state index contributed by atoms with van der Waals surface area (Å²) in [4.78, 5) is 21.8. The molecule has 0 atom stereocenters. The highest BCUT2D eigenvalue weighted by Gasteiger charge is 2.25. The Labute approximate surface area is 184 Å². The molecule has 5 nitrogen and oxygen atoms in total. The van der Waals surface area contributed by atoms with E-state index >= 15 is 0 Å². The molecule has 0 unspecified atom stereocenters. The molecule has 1 amide bonds. The molecule has 2 heterocycles. The van der Waals surface area contributed by atoms with Crippen LogP contribution in [0.15, 0.2) is 46.9 Å². The van der Waals surface area contributed by atoms with Gasteiger partial charge in [-0.25, -0.2) is 4.98 Å². The van der Waals surface area contributed by atoms with Gasteiger partial charge >= 0.3 is 0 Å². The van der Waals surface area contributed by atoms with Gasteiger partial charge in [-0.1, -0.05) is 47.2 Å². The van der Waals surface area contributed by atoms with E-state index in [1.165, 1.54) is 11.3 Å². The zero-order valence-electron chi connectivity index (χ0n) is 16.3. The summed E-state index contributed by atoms with van der Waals surface area (Å²) in [6, 6.07) is 13.2. The van der Waals surface area contributed by atoms with Crippen LogP contribution in [0.2, 0.25) is 5.02 Å². The number of para-hydroxylation sites is 1. The molecule has 2 aromatic carbocycles. The smallest absolute Gasteiger partial charge is 0.295 e. The van der Waals surface area contributed by atoms with Crippen LogP contribution >= 0.6 is 35.3 Å². The van der Waals surface area contributed by atoms with Gasteiger partial charge in [-0.05, 0) is 44.8 Å². The SMILES string of the molecule is Cc1ccc(Cl)c2sc(N(CCN(C)C)C(=O)c3cc4ccccc4o3)nc12.Cl. The third-order valence-corrected chi connectivity index (χ3v) is 6.11. The van der Waals surface area contributed by atoms with Crippen molar-refractivity contribution in [2.45, 2.75) is 6.92 Å². The average molecular weight is 450 g/mol. The van der Waals surface area contributed by atoms with Crippen molar-refractivity contribution in [2.75, 3.05) is 32.1 Å². The van der Waals surface area contributed by atoms with Crippen LogP contribution in [0, 0.1) is 6.92 Å². The molecule has 0 fully saturated rings. The Morgan fingerprint density at radius 1 is 1.17 bits per heavy atom. The number of furan rings is 1. The average Bonchev–Trinajstić information content (AvgIpc) is 3.30. The van der Waals surface area contributed by atoms with Gasteiger partial charge in [-0.2, -0.15) is 0 Å². The number of halogens is 2. The monoisotopic (exact) mass is 449 g/mol. The maximum atomic E-state index is 13.3. The van der Waals surface area contributed by atoms with Gasteiger partial charge in [-0.3, -0.25) is 9.69 Å². The molecule has 0 N–H and O–H groups in total. The summed E-state index contributed by atoms with van der Waals surface area (Å²) in [6.07, 6.45) is 0. The summed E-state index contributed by atoms with van der Waals surface area (Å²) in [5.41, 5.74) is 2.56. The lowest BCUT2D eigenvalue weighted by molar-refractivity contribution is 0.0960. The minimum atomic E-state index is -0.203. The molecule has 2 aromatic heterocycles. The summed E-state index contributed by atoms with van der Waals surface area (Å²) in [5, 5.41) is 2.17. The fourth-order valence-corrected chi connectivity index (χ4v) is 4.35. The van der Waals surface area contributed by atoms with Crippen molar-refractivity contribution in [2.24, 2.45) is 0 Å². The number of hydrogen-bond donors (Lipinski definition) is 0. The highest BCUT2D eigenvalue weighted by atomic mass is 35.5. The summed E-state index contributed by atoms with van der Waals surface area (Å²) < 4.78 is 6.70. The number of aromatic nitrogens is 1. The van der Waals surface area contributed by atoms with Crippen LogP contribution in [0.1, 0.15) is 16.1 Å². The lowest BCUT2D eigenvalue weighted by Gasteiger charge is -2.20. The van der Waals surface area contributed by atoms with E-state index < -0.39 is 0 Å². The van der Waals surface area contributed by atoms with Crippen LogP contribution < -0.4 is 4.90 Å². The molecule has 0 saturated carbocycles. The van der Waals surface area contributed by atoms with Crippen molar-refractivity contribution in [1.29, 1.82) is 0 Å². The zero-order chi connectivity index (χ0) is 19.8. The minimum Gasteiger partial charge on any atom is -0.451 e. The molecule has 4 aromatic rings. The summed E-state index contributed by atoms with van der Waals surface area (Å²) in [6.45, 7) is 3.20. The molecule has 0 spiro atoms. The number of aryl methyl sites for hydroxylation is 1. The fourth-order valence-electron chi connectivity index (χ4n) is 3.01. The van der Waals surface area contributed by atoms with E-state index in [0.717, 1.165) is 21.2 Å². The zero-order valence-corrected chi connectivity index (χ0v) is 18.7. The molecule has 8 heteroatoms. The number of carbonyl (C=O) groups is 1. The first kappa shape index (κ1) is 21.6. The number of benzene rings is 2. The molecular weight excluding hydrogens is 429 g/mol. The number of nitrogens with zero attached hydrogens (tertiary/aromatic N) is 3. The molecule has 29 heavy (non-hydrogen) atoms. The van der Waals surface area contributed by atoms with E-state index in [1.54, 1.807) is 11.0 Å². The van der Waals surface area contributed by atoms with Gasteiger partial charge in [0.05, 0.1) is 15.2 Å². The number of anilines is 1. The van der Waals surface area contributed by atoms with Crippen molar-refractivity contribution < 1.29 is 9.21 Å². The van der Waals surface area contributed by atoms with Crippen LogP contribution in [-0.4, -0.2) is 43.0 Å². The number of rotatable bonds is 5. The Bertz CT molecular complexity index is 1100. The van der Waals surface area contributed by atoms with Crippen molar-refractivity contribution >= 4 is 67.6 Å². The molecule has 0 aliphatic heterocycles. The van der Waals surface area contributed by atoms with Crippen molar-refractivity contribution in [3.63, 3.8) is 0 Å². The Morgan fingerprint density at radius 2 is 1.93 bits per heavy atom. The second kappa shape index (κ2) is 8.71. The van der Waals surface area contributed by atoms with Gasteiger partial charge in [0.2, 0.25) is 0 Å². The second-order valence-electron chi connectivity index (χ2n) is 6.95. The number of hydrogen-bond acceptors (Lipinski definition) is 5. The van der Waals surface area contributed by atoms with Gasteiger partial charge < -0.3 is 9.32 Å². The maximum Gasteiger partial charge on any atom is 0.295 e. The topological polar surface area (TPSA) is 49.6 Å².